The fourth-order valence-electron chi connectivity index (χ4n) is 3.86. The van der Waals surface area contributed by atoms with Crippen LogP contribution in [-0.2, 0) is 11.2 Å². The molecule has 0 N–H and O–H groups in total. The highest BCUT2D eigenvalue weighted by atomic mass is 16.5. The van der Waals surface area contributed by atoms with E-state index in [1.807, 2.05) is 41.3 Å². The molecule has 1 amide bonds. The van der Waals surface area contributed by atoms with Gasteiger partial charge < -0.3 is 14.1 Å². The molecule has 4 heteroatoms. The maximum Gasteiger partial charge on any atom is 0.289 e. The van der Waals surface area contributed by atoms with Gasteiger partial charge in [0.1, 0.15) is 5.58 Å². The lowest BCUT2D eigenvalue weighted by atomic mass is 9.88. The summed E-state index contributed by atoms with van der Waals surface area (Å²) < 4.78 is 11.5. The second-order valence-corrected chi connectivity index (χ2v) is 6.91. The molecule has 1 fully saturated rings. The molecule has 4 rings (SSSR count). The first-order valence-electron chi connectivity index (χ1n) is 9.09. The van der Waals surface area contributed by atoms with E-state index in [0.29, 0.717) is 18.8 Å². The number of nitrogens with zero attached hydrogens (tertiary/aromatic N) is 1. The third-order valence-electron chi connectivity index (χ3n) is 5.23. The highest BCUT2D eigenvalue weighted by Gasteiger charge is 2.33. The normalized spacial score (nSPS) is 20.4. The molecule has 3 aromatic rings. The van der Waals surface area contributed by atoms with Crippen molar-refractivity contribution in [1.82, 2.24) is 4.90 Å². The maximum absolute atomic E-state index is 13.0. The molecule has 2 heterocycles. The lowest BCUT2D eigenvalue weighted by Crippen LogP contribution is -2.47. The van der Waals surface area contributed by atoms with Crippen LogP contribution in [0.2, 0.25) is 0 Å². The molecule has 4 nitrogen and oxygen atoms in total. The SMILES string of the molecule is CO[C@@H]1CCN(C(=O)c2cc3ccccc3o2)C[C@@H]1Cc1ccccc1. The molecule has 0 spiro atoms. The molecule has 0 bridgehead atoms. The molecular formula is C22H23NO3. The number of carbonyl (C=O) groups excluding carboxylic acids is 1. The first-order valence-corrected chi connectivity index (χ1v) is 9.09. The Balaban J connectivity index is 1.52. The number of amides is 1. The molecule has 1 aromatic heterocycles. The summed E-state index contributed by atoms with van der Waals surface area (Å²) in [5, 5.41) is 0.962. The van der Waals surface area contributed by atoms with Gasteiger partial charge in [0.05, 0.1) is 6.10 Å². The number of benzene rings is 2. The number of para-hydroxylation sites is 1. The Morgan fingerprint density at radius 2 is 1.92 bits per heavy atom. The van der Waals surface area contributed by atoms with Crippen LogP contribution >= 0.6 is 0 Å². The predicted molar refractivity (Wildman–Crippen MR) is 101 cm³/mol. The summed E-state index contributed by atoms with van der Waals surface area (Å²) in [4.78, 5) is 14.9. The van der Waals surface area contributed by atoms with Gasteiger partial charge in [0.2, 0.25) is 0 Å². The molecule has 26 heavy (non-hydrogen) atoms. The van der Waals surface area contributed by atoms with E-state index in [1.54, 1.807) is 7.11 Å². The Hall–Kier alpha value is -2.59. The third-order valence-corrected chi connectivity index (χ3v) is 5.23. The molecule has 0 unspecified atom stereocenters. The summed E-state index contributed by atoms with van der Waals surface area (Å²) in [6, 6.07) is 20.0. The van der Waals surface area contributed by atoms with Crippen molar-refractivity contribution in [2.45, 2.75) is 18.9 Å². The van der Waals surface area contributed by atoms with Crippen molar-refractivity contribution in [3.63, 3.8) is 0 Å². The Kier molecular flexibility index (Phi) is 4.76. The minimum Gasteiger partial charge on any atom is -0.451 e. The van der Waals surface area contributed by atoms with E-state index in [0.717, 1.165) is 23.8 Å². The molecular weight excluding hydrogens is 326 g/mol. The largest absolute Gasteiger partial charge is 0.451 e. The lowest BCUT2D eigenvalue weighted by Gasteiger charge is -2.37. The predicted octanol–water partition coefficient (Wildman–Crippen LogP) is 4.15. The number of fused-ring (bicyclic) bond motifs is 1. The van der Waals surface area contributed by atoms with E-state index in [2.05, 4.69) is 24.3 Å². The molecule has 1 aliphatic heterocycles. The Bertz CT molecular complexity index is 854. The van der Waals surface area contributed by atoms with Gasteiger partial charge in [-0.1, -0.05) is 48.5 Å². The number of furan rings is 1. The van der Waals surface area contributed by atoms with Gasteiger partial charge in [0, 0.05) is 31.5 Å². The molecule has 1 saturated heterocycles. The first-order chi connectivity index (χ1) is 12.7. The van der Waals surface area contributed by atoms with E-state index in [9.17, 15) is 4.79 Å². The number of likely N-dealkylation sites (tertiary alicyclic amines) is 1. The number of hydrogen-bond acceptors (Lipinski definition) is 3. The van der Waals surface area contributed by atoms with Crippen LogP contribution in [0.4, 0.5) is 0 Å². The average Bonchev–Trinajstić information content (AvgIpc) is 3.12. The highest BCUT2D eigenvalue weighted by molar-refractivity contribution is 5.96. The Labute approximate surface area is 153 Å². The van der Waals surface area contributed by atoms with Gasteiger partial charge in [-0.15, -0.1) is 0 Å². The van der Waals surface area contributed by atoms with Crippen LogP contribution < -0.4 is 0 Å². The molecule has 0 radical (unpaired) electrons. The van der Waals surface area contributed by atoms with Crippen molar-refractivity contribution in [3.8, 4) is 0 Å². The van der Waals surface area contributed by atoms with E-state index in [-0.39, 0.29) is 17.9 Å². The monoisotopic (exact) mass is 349 g/mol. The van der Waals surface area contributed by atoms with Gasteiger partial charge in [0.25, 0.3) is 5.91 Å². The van der Waals surface area contributed by atoms with Gasteiger partial charge in [-0.3, -0.25) is 4.79 Å². The average molecular weight is 349 g/mol. The second kappa shape index (κ2) is 7.34. The zero-order chi connectivity index (χ0) is 17.9. The second-order valence-electron chi connectivity index (χ2n) is 6.91. The Morgan fingerprint density at radius 1 is 1.15 bits per heavy atom. The van der Waals surface area contributed by atoms with Gasteiger partial charge >= 0.3 is 0 Å². The molecule has 2 atom stereocenters. The maximum atomic E-state index is 13.0. The van der Waals surface area contributed by atoms with Crippen LogP contribution in [0.1, 0.15) is 22.5 Å². The van der Waals surface area contributed by atoms with Gasteiger partial charge in [-0.05, 0) is 30.5 Å². The van der Waals surface area contributed by atoms with Crippen molar-refractivity contribution in [2.24, 2.45) is 5.92 Å². The van der Waals surface area contributed by atoms with Crippen LogP contribution in [0.15, 0.2) is 65.1 Å². The van der Waals surface area contributed by atoms with Crippen LogP contribution in [0.25, 0.3) is 11.0 Å². The van der Waals surface area contributed by atoms with Crippen LogP contribution in [-0.4, -0.2) is 37.1 Å². The zero-order valence-electron chi connectivity index (χ0n) is 14.9. The number of rotatable bonds is 4. The zero-order valence-corrected chi connectivity index (χ0v) is 14.9. The van der Waals surface area contributed by atoms with Crippen LogP contribution in [0, 0.1) is 5.92 Å². The fraction of sp³-hybridized carbons (Fsp3) is 0.318. The van der Waals surface area contributed by atoms with Crippen molar-refractivity contribution in [3.05, 3.63) is 72.0 Å². The number of carbonyl (C=O) groups is 1. The summed E-state index contributed by atoms with van der Waals surface area (Å²) in [6.45, 7) is 1.38. The van der Waals surface area contributed by atoms with Gasteiger partial charge in [-0.2, -0.15) is 0 Å². The summed E-state index contributed by atoms with van der Waals surface area (Å²) in [7, 11) is 1.76. The molecule has 0 saturated carbocycles. The topological polar surface area (TPSA) is 42.7 Å². The standard InChI is InChI=1S/C22H23NO3/c1-25-19-11-12-23(15-18(19)13-16-7-3-2-4-8-16)22(24)21-14-17-9-5-6-10-20(17)26-21/h2-10,14,18-19H,11-13,15H2,1H3/t18-,19+/m0/s1. The summed E-state index contributed by atoms with van der Waals surface area (Å²) in [6.07, 6.45) is 1.93. The van der Waals surface area contributed by atoms with E-state index in [1.165, 1.54) is 5.56 Å². The quantitative estimate of drug-likeness (QED) is 0.710. The van der Waals surface area contributed by atoms with Gasteiger partial charge in [0.15, 0.2) is 5.76 Å². The van der Waals surface area contributed by atoms with Crippen LogP contribution in [0.3, 0.4) is 0 Å². The Morgan fingerprint density at radius 3 is 2.69 bits per heavy atom. The van der Waals surface area contributed by atoms with E-state index in [4.69, 9.17) is 9.15 Å². The minimum atomic E-state index is -0.0335. The highest BCUT2D eigenvalue weighted by Crippen LogP contribution is 2.26. The minimum absolute atomic E-state index is 0.0335. The van der Waals surface area contributed by atoms with Crippen LogP contribution in [0.5, 0.6) is 0 Å². The summed E-state index contributed by atoms with van der Waals surface area (Å²) in [5.74, 6) is 0.666. The summed E-state index contributed by atoms with van der Waals surface area (Å²) >= 11 is 0. The van der Waals surface area contributed by atoms with Crippen molar-refractivity contribution in [2.75, 3.05) is 20.2 Å². The number of ether oxygens (including phenoxy) is 1. The molecule has 134 valence electrons. The smallest absolute Gasteiger partial charge is 0.289 e. The summed E-state index contributed by atoms with van der Waals surface area (Å²) in [5.41, 5.74) is 2.03. The lowest BCUT2D eigenvalue weighted by molar-refractivity contribution is -0.00383. The third kappa shape index (κ3) is 3.37. The molecule has 0 aliphatic carbocycles. The fourth-order valence-corrected chi connectivity index (χ4v) is 3.86. The van der Waals surface area contributed by atoms with Crippen molar-refractivity contribution in [1.29, 1.82) is 0 Å². The number of piperidine rings is 1. The number of methoxy groups -OCH3 is 1. The van der Waals surface area contributed by atoms with Crippen molar-refractivity contribution >= 4 is 16.9 Å². The van der Waals surface area contributed by atoms with E-state index < -0.39 is 0 Å². The first kappa shape index (κ1) is 16.9. The molecule has 1 aliphatic rings. The number of hydrogen-bond donors (Lipinski definition) is 0. The van der Waals surface area contributed by atoms with Gasteiger partial charge in [-0.25, -0.2) is 0 Å². The van der Waals surface area contributed by atoms with E-state index >= 15 is 0 Å². The van der Waals surface area contributed by atoms with Crippen molar-refractivity contribution < 1.29 is 13.9 Å². The molecule has 2 aromatic carbocycles.